The van der Waals surface area contributed by atoms with Gasteiger partial charge in [-0.2, -0.15) is 0 Å². The number of carbonyl (C=O) groups excluding carboxylic acids is 1. The number of aliphatic hydroxyl groups is 1. The van der Waals surface area contributed by atoms with Gasteiger partial charge in [0.1, 0.15) is 6.61 Å². The lowest BCUT2D eigenvalue weighted by Gasteiger charge is -2.19. The molecule has 2 N–H and O–H groups in total. The van der Waals surface area contributed by atoms with E-state index in [0.717, 1.165) is 5.56 Å². The summed E-state index contributed by atoms with van der Waals surface area (Å²) in [5.41, 5.74) is 0.921. The Balaban J connectivity index is 2.39. The first-order valence-corrected chi connectivity index (χ1v) is 5.95. The topological polar surface area (TPSA) is 58.6 Å². The number of amides is 1. The summed E-state index contributed by atoms with van der Waals surface area (Å²) in [6, 6.07) is 9.05. The molecule has 0 fully saturated rings. The molecule has 0 aliphatic rings. The first-order valence-electron chi connectivity index (χ1n) is 5.95. The van der Waals surface area contributed by atoms with Crippen LogP contribution >= 0.6 is 0 Å². The van der Waals surface area contributed by atoms with Crippen LogP contribution < -0.4 is 5.32 Å². The maximum absolute atomic E-state index is 11.5. The molecule has 0 aromatic heterocycles. The summed E-state index contributed by atoms with van der Waals surface area (Å²) in [5.74, 6) is 0. The lowest BCUT2D eigenvalue weighted by molar-refractivity contribution is 0.117. The van der Waals surface area contributed by atoms with Gasteiger partial charge in [0, 0.05) is 0 Å². The second-order valence-corrected chi connectivity index (χ2v) is 3.95. The molecule has 1 aromatic carbocycles. The van der Waals surface area contributed by atoms with Gasteiger partial charge in [-0.3, -0.25) is 0 Å². The molecular formula is C14H19NO3. The molecule has 0 heterocycles. The van der Waals surface area contributed by atoms with E-state index < -0.39 is 12.2 Å². The monoisotopic (exact) mass is 249 g/mol. The average Bonchev–Trinajstić information content (AvgIpc) is 2.42. The molecule has 0 saturated carbocycles. The van der Waals surface area contributed by atoms with Crippen molar-refractivity contribution in [2.75, 3.05) is 0 Å². The zero-order valence-electron chi connectivity index (χ0n) is 10.5. The lowest BCUT2D eigenvalue weighted by atomic mass is 10.1. The van der Waals surface area contributed by atoms with E-state index in [1.165, 1.54) is 6.08 Å². The molecule has 4 heteroatoms. The van der Waals surface area contributed by atoms with Crippen molar-refractivity contribution in [3.8, 4) is 0 Å². The van der Waals surface area contributed by atoms with E-state index in [0.29, 0.717) is 6.42 Å². The lowest BCUT2D eigenvalue weighted by Crippen LogP contribution is -2.42. The van der Waals surface area contributed by atoms with Crippen LogP contribution in [0, 0.1) is 0 Å². The van der Waals surface area contributed by atoms with E-state index in [1.54, 1.807) is 0 Å². The van der Waals surface area contributed by atoms with E-state index in [9.17, 15) is 9.90 Å². The first kappa shape index (κ1) is 14.3. The van der Waals surface area contributed by atoms with Crippen LogP contribution in [0.1, 0.15) is 18.9 Å². The standard InChI is InChI=1S/C14H19NO3/c1-3-12(13(16)4-2)15-14(17)18-10-11-8-6-5-7-9-11/h4-9,12-13,16H,2-3,10H2,1H3,(H,15,17)/t12-,13?/m0/s1. The van der Waals surface area contributed by atoms with E-state index in [2.05, 4.69) is 11.9 Å². The number of benzene rings is 1. The number of aliphatic hydroxyl groups excluding tert-OH is 1. The quantitative estimate of drug-likeness (QED) is 0.760. The van der Waals surface area contributed by atoms with Crippen LogP contribution in [0.3, 0.4) is 0 Å². The second-order valence-electron chi connectivity index (χ2n) is 3.95. The zero-order valence-corrected chi connectivity index (χ0v) is 10.5. The third-order valence-electron chi connectivity index (χ3n) is 2.61. The van der Waals surface area contributed by atoms with Gasteiger partial charge in [0.2, 0.25) is 0 Å². The molecule has 1 aromatic rings. The van der Waals surface area contributed by atoms with Crippen molar-refractivity contribution >= 4 is 6.09 Å². The minimum absolute atomic E-state index is 0.216. The fraction of sp³-hybridized carbons (Fsp3) is 0.357. The molecule has 0 saturated heterocycles. The number of hydrogen-bond donors (Lipinski definition) is 2. The number of hydrogen-bond acceptors (Lipinski definition) is 3. The smallest absolute Gasteiger partial charge is 0.407 e. The first-order chi connectivity index (χ1) is 8.67. The van der Waals surface area contributed by atoms with Crippen LogP contribution in [0.5, 0.6) is 0 Å². The molecular weight excluding hydrogens is 230 g/mol. The third-order valence-corrected chi connectivity index (χ3v) is 2.61. The molecule has 1 amide bonds. The fourth-order valence-electron chi connectivity index (χ4n) is 1.51. The van der Waals surface area contributed by atoms with Crippen LogP contribution in [-0.4, -0.2) is 23.3 Å². The SMILES string of the molecule is C=CC(O)[C@H](CC)NC(=O)OCc1ccccc1. The molecule has 4 nitrogen and oxygen atoms in total. The molecule has 0 aliphatic carbocycles. The summed E-state index contributed by atoms with van der Waals surface area (Å²) in [6.45, 7) is 5.57. The van der Waals surface area contributed by atoms with Gasteiger partial charge in [0.25, 0.3) is 0 Å². The van der Waals surface area contributed by atoms with Crippen molar-refractivity contribution in [3.05, 3.63) is 48.6 Å². The Morgan fingerprint density at radius 1 is 1.50 bits per heavy atom. The van der Waals surface area contributed by atoms with Crippen LogP contribution in [-0.2, 0) is 11.3 Å². The van der Waals surface area contributed by atoms with E-state index in [4.69, 9.17) is 4.74 Å². The Hall–Kier alpha value is -1.81. The summed E-state index contributed by atoms with van der Waals surface area (Å²) >= 11 is 0. The number of rotatable bonds is 6. The minimum Gasteiger partial charge on any atom is -0.445 e. The Bertz CT molecular complexity index is 378. The number of carbonyl (C=O) groups is 1. The second kappa shape index (κ2) is 7.50. The molecule has 0 aliphatic heterocycles. The van der Waals surface area contributed by atoms with Crippen LogP contribution in [0.2, 0.25) is 0 Å². The predicted octanol–water partition coefficient (Wildman–Crippen LogP) is 2.24. The van der Waals surface area contributed by atoms with Gasteiger partial charge in [0.15, 0.2) is 0 Å². The van der Waals surface area contributed by atoms with Crippen molar-refractivity contribution < 1.29 is 14.6 Å². The highest BCUT2D eigenvalue weighted by atomic mass is 16.5. The van der Waals surface area contributed by atoms with Gasteiger partial charge in [-0.1, -0.05) is 43.3 Å². The van der Waals surface area contributed by atoms with E-state index >= 15 is 0 Å². The van der Waals surface area contributed by atoms with Gasteiger partial charge < -0.3 is 15.2 Å². The molecule has 1 rings (SSSR count). The van der Waals surface area contributed by atoms with Crippen molar-refractivity contribution in [3.63, 3.8) is 0 Å². The largest absolute Gasteiger partial charge is 0.445 e. The van der Waals surface area contributed by atoms with Crippen molar-refractivity contribution in [1.29, 1.82) is 0 Å². The maximum Gasteiger partial charge on any atom is 0.407 e. The summed E-state index contributed by atoms with van der Waals surface area (Å²) in [4.78, 5) is 11.5. The summed E-state index contributed by atoms with van der Waals surface area (Å²) in [5, 5.41) is 12.2. The van der Waals surface area contributed by atoms with E-state index in [1.807, 2.05) is 37.3 Å². The highest BCUT2D eigenvalue weighted by molar-refractivity contribution is 5.67. The minimum atomic E-state index is -0.765. The van der Waals surface area contributed by atoms with Gasteiger partial charge in [0.05, 0.1) is 12.1 Å². The molecule has 0 radical (unpaired) electrons. The molecule has 0 bridgehead atoms. The Morgan fingerprint density at radius 2 is 2.17 bits per heavy atom. The highest BCUT2D eigenvalue weighted by Gasteiger charge is 2.17. The molecule has 98 valence electrons. The number of alkyl carbamates (subject to hydrolysis) is 1. The molecule has 1 unspecified atom stereocenters. The van der Waals surface area contributed by atoms with Gasteiger partial charge >= 0.3 is 6.09 Å². The maximum atomic E-state index is 11.5. The highest BCUT2D eigenvalue weighted by Crippen LogP contribution is 2.03. The molecule has 2 atom stereocenters. The van der Waals surface area contributed by atoms with Crippen molar-refractivity contribution in [2.24, 2.45) is 0 Å². The van der Waals surface area contributed by atoms with Crippen LogP contribution in [0.4, 0.5) is 4.79 Å². The molecule has 0 spiro atoms. The van der Waals surface area contributed by atoms with Gasteiger partial charge in [-0.05, 0) is 12.0 Å². The Morgan fingerprint density at radius 3 is 2.72 bits per heavy atom. The zero-order chi connectivity index (χ0) is 13.4. The average molecular weight is 249 g/mol. The van der Waals surface area contributed by atoms with Crippen LogP contribution in [0.25, 0.3) is 0 Å². The fourth-order valence-corrected chi connectivity index (χ4v) is 1.51. The van der Waals surface area contributed by atoms with Gasteiger partial charge in [-0.25, -0.2) is 4.79 Å². The normalized spacial score (nSPS) is 13.4. The van der Waals surface area contributed by atoms with Gasteiger partial charge in [-0.15, -0.1) is 6.58 Å². The van der Waals surface area contributed by atoms with Crippen molar-refractivity contribution in [2.45, 2.75) is 32.1 Å². The molecule has 18 heavy (non-hydrogen) atoms. The Kier molecular flexibility index (Phi) is 5.94. The predicted molar refractivity (Wildman–Crippen MR) is 70.0 cm³/mol. The van der Waals surface area contributed by atoms with E-state index in [-0.39, 0.29) is 12.6 Å². The summed E-state index contributed by atoms with van der Waals surface area (Å²) < 4.78 is 5.06. The number of nitrogens with one attached hydrogen (secondary N) is 1. The summed E-state index contributed by atoms with van der Waals surface area (Å²) in [7, 11) is 0. The number of ether oxygens (including phenoxy) is 1. The Labute approximate surface area is 107 Å². The van der Waals surface area contributed by atoms with Crippen molar-refractivity contribution in [1.82, 2.24) is 5.32 Å². The van der Waals surface area contributed by atoms with Crippen LogP contribution in [0.15, 0.2) is 43.0 Å². The summed E-state index contributed by atoms with van der Waals surface area (Å²) in [6.07, 6.45) is 0.699. The third kappa shape index (κ3) is 4.59.